The first-order valence-electron chi connectivity index (χ1n) is 48.1. The molecular formula is C98H158BCl4N16O20S. The van der Waals surface area contributed by atoms with Crippen LogP contribution in [-0.4, -0.2) is 286 Å². The fourth-order valence-corrected chi connectivity index (χ4v) is 15.9. The predicted octanol–water partition coefficient (Wildman–Crippen LogP) is 13.7. The third kappa shape index (κ3) is 59.0. The molecule has 8 aliphatic rings. The molecule has 140 heavy (non-hydrogen) atoms. The number of benzene rings is 4. The molecule has 0 aliphatic carbocycles. The molecule has 4 saturated heterocycles. The van der Waals surface area contributed by atoms with Gasteiger partial charge in [-0.25, -0.2) is 9.59 Å². The molecule has 15 N–H and O–H groups in total. The Balaban J connectivity index is 0.00000164. The number of carbonyl (C=O) groups excluding carboxylic acids is 6. The van der Waals surface area contributed by atoms with E-state index in [0.29, 0.717) is 94.4 Å². The minimum Gasteiger partial charge on any atom is -0.481 e. The molecule has 4 aromatic carbocycles. The van der Waals surface area contributed by atoms with E-state index in [2.05, 4.69) is 80.1 Å². The number of aliphatic imine (C=N–C) groups is 4. The van der Waals surface area contributed by atoms with Crippen molar-refractivity contribution in [2.75, 3.05) is 154 Å². The van der Waals surface area contributed by atoms with E-state index in [1.54, 1.807) is 21.9 Å². The number of aliphatic hydroxyl groups is 1. The summed E-state index contributed by atoms with van der Waals surface area (Å²) in [7, 11) is 4.13. The fraction of sp³-hybridized carbons (Fsp3) is 0.612. The lowest BCUT2D eigenvalue weighted by Crippen LogP contribution is -2.42. The molecule has 0 bridgehead atoms. The van der Waals surface area contributed by atoms with Crippen LogP contribution in [0.3, 0.4) is 0 Å². The zero-order valence-electron chi connectivity index (χ0n) is 84.3. The molecule has 4 aromatic rings. The Labute approximate surface area is 859 Å². The smallest absolute Gasteiger partial charge is 0.416 e. The average molecular weight is 2070 g/mol. The number of anilines is 4. The Morgan fingerprint density at radius 2 is 0.750 bits per heavy atom. The Kier molecular flexibility index (Phi) is 68.4. The summed E-state index contributed by atoms with van der Waals surface area (Å²) in [5.41, 5.74) is 12.5. The Morgan fingerprint density at radius 1 is 0.436 bits per heavy atom. The molecule has 42 heteroatoms. The SMILES string of the molecule is CC(C)(C)OC(=O)N1CCC(CCC(=O)O)CC1.CO.COC(=O)CCC1CCN(C(=O)CCc2cccc(NC3=NCCCN3)c2)CC1.COC(=O)CCC1CCNCC1.CSC1=NCCCN1C(=O)OC(C)(C)C.Cl.Cl.Cl.Cl.Nc1cccc(CCC(=O)O)c1.O=C(O)CCC1CCN(C(=O)CCc2cccc(NC3=NCCCN3)c2)CC1.O=C(O)CCc1cccc(NC2=NCCCN2)c1.[3H][B]O. The van der Waals surface area contributed by atoms with Gasteiger partial charge in [0.15, 0.2) is 23.0 Å². The van der Waals surface area contributed by atoms with Gasteiger partial charge in [0.2, 0.25) is 11.8 Å². The first-order valence-corrected chi connectivity index (χ1v) is 48.7. The van der Waals surface area contributed by atoms with E-state index in [0.717, 1.165) is 250 Å². The van der Waals surface area contributed by atoms with Crippen molar-refractivity contribution < 1.29 is 97.4 Å². The number of esters is 2. The summed E-state index contributed by atoms with van der Waals surface area (Å²) >= 11 is 1.48. The van der Waals surface area contributed by atoms with Crippen molar-refractivity contribution in [3.05, 3.63) is 119 Å². The second-order valence-corrected chi connectivity index (χ2v) is 36.5. The number of carboxylic acids is 4. The number of carbonyl (C=O) groups is 10. The standard InChI is InChI=1S/C22H32N4O3.C21H30N4O3.C13H17N3O2.C13H23NO4.C10H18N2O2S.C9H17NO2.C9H11NO2.CH4O.BH2O.4ClH/c1-29-21(28)9-7-17-10-14-26(15-11-17)20(27)8-6-18-4-2-5-19(16-18)25-22-23-12-3-13-24-22;26-19(25-13-9-16(10-14-25)6-8-20(27)28)7-5-17-3-1-4-18(15-17)24-21-22-11-2-12-23-21;17-12(18)6-5-10-3-1-4-11(9-10)16-13-14-7-2-8-15-13;1-13(2,3)18-12(17)14-8-6-10(7-9-14)4-5-11(15)16;1-10(2,3)14-9(13)12-7-5-6-11-8(12)15-4;1-12-9(11)3-2-8-4-6-10-7-5-8;10-8-3-1-2-7(6-8)4-5-9(11)12;2*1-2;;;;/h2,4-5,16-17H,3,6-15H2,1H3,(H2,23,24,25);1,3-4,15-16H,2,5-14H2,(H,27,28)(H2,22,23,24);1,3-4,9H,2,5-8H2,(H,17,18)(H2,14,15,16);10H,4-9H2,1-3H3,(H,15,16);5-7H2,1-4H3;8,10H,2-7H2,1H3;1-3,6H,4-5,10H2,(H,11,12);2H,1H3;1-2H;4*1H/i;;;;;;;;1T;;;;. The quantitative estimate of drug-likeness (QED) is 0.0114. The van der Waals surface area contributed by atoms with Crippen LogP contribution in [0.2, 0.25) is 0 Å². The average Bonchev–Trinajstić information content (AvgIpc) is 0.818. The van der Waals surface area contributed by atoms with E-state index < -0.39 is 35.1 Å². The first-order chi connectivity index (χ1) is 65.6. The highest BCUT2D eigenvalue weighted by Crippen LogP contribution is 2.28. The van der Waals surface area contributed by atoms with E-state index in [-0.39, 0.29) is 119 Å². The number of nitrogens with zero attached hydrogens (tertiary/aromatic N) is 8. The maximum absolute atomic E-state index is 12.6. The number of piperidine rings is 4. The van der Waals surface area contributed by atoms with Gasteiger partial charge in [0, 0.05) is 174 Å². The van der Waals surface area contributed by atoms with Gasteiger partial charge < -0.3 is 107 Å². The summed E-state index contributed by atoms with van der Waals surface area (Å²) in [6, 6.07) is 31.3. The number of aryl methyl sites for hydroxylation is 4. The highest BCUT2D eigenvalue weighted by Gasteiger charge is 2.31. The van der Waals surface area contributed by atoms with Crippen molar-refractivity contribution >= 4 is 175 Å². The Morgan fingerprint density at radius 3 is 1.07 bits per heavy atom. The Hall–Kier alpha value is -10.1. The van der Waals surface area contributed by atoms with Gasteiger partial charge in [-0.15, -0.1) is 49.6 Å². The second kappa shape index (κ2) is 74.8. The van der Waals surface area contributed by atoms with Crippen LogP contribution in [0.1, 0.15) is 218 Å². The maximum atomic E-state index is 12.6. The van der Waals surface area contributed by atoms with E-state index in [4.69, 9.17) is 51.8 Å². The van der Waals surface area contributed by atoms with Gasteiger partial charge in [0.25, 0.3) is 8.01 Å². The van der Waals surface area contributed by atoms with Crippen molar-refractivity contribution in [2.24, 2.45) is 43.6 Å². The molecule has 36 nitrogen and oxygen atoms in total. The number of aliphatic carboxylic acids is 4. The molecule has 4 fully saturated rings. The van der Waals surface area contributed by atoms with Crippen molar-refractivity contribution in [1.82, 2.24) is 40.9 Å². The summed E-state index contributed by atoms with van der Waals surface area (Å²) < 4.78 is 25.5. The maximum Gasteiger partial charge on any atom is 0.416 e. The molecule has 0 saturated carbocycles. The molecular weight excluding hydrogens is 1910 g/mol. The van der Waals surface area contributed by atoms with Crippen molar-refractivity contribution in [3.8, 4) is 0 Å². The highest BCUT2D eigenvalue weighted by atomic mass is 35.5. The minimum atomic E-state index is -0.780. The summed E-state index contributed by atoms with van der Waals surface area (Å²) in [5.74, 6) is 1.65. The van der Waals surface area contributed by atoms with Crippen LogP contribution in [0.15, 0.2) is 117 Å². The van der Waals surface area contributed by atoms with E-state index in [1.165, 1.54) is 38.8 Å². The van der Waals surface area contributed by atoms with Crippen LogP contribution in [0, 0.1) is 23.7 Å². The van der Waals surface area contributed by atoms with Crippen molar-refractivity contribution in [3.63, 3.8) is 0 Å². The lowest BCUT2D eigenvalue weighted by atomic mass is 9.92. The van der Waals surface area contributed by atoms with Crippen LogP contribution in [0.25, 0.3) is 0 Å². The Bertz CT molecular complexity index is 4420. The number of carboxylic acid groups (broad SMARTS) is 4. The van der Waals surface area contributed by atoms with E-state index in [1.807, 2.05) is 124 Å². The number of nitrogens with two attached hydrogens (primary N) is 1. The van der Waals surface area contributed by atoms with Gasteiger partial charge in [-0.05, 0) is 284 Å². The summed E-state index contributed by atoms with van der Waals surface area (Å²) in [6.07, 6.45) is 22.0. The molecule has 8 aliphatic heterocycles. The number of ether oxygens (including phenoxy) is 4. The number of nitrogens with one attached hydrogen (secondary N) is 7. The number of rotatable bonds is 27. The largest absolute Gasteiger partial charge is 0.481 e. The van der Waals surface area contributed by atoms with Crippen LogP contribution in [-0.2, 0) is 83.0 Å². The van der Waals surface area contributed by atoms with Crippen LogP contribution < -0.4 is 43.0 Å². The lowest BCUT2D eigenvalue weighted by Gasteiger charge is -2.33. The van der Waals surface area contributed by atoms with Crippen molar-refractivity contribution in [2.45, 2.75) is 233 Å². The van der Waals surface area contributed by atoms with E-state index in [9.17, 15) is 47.9 Å². The number of guanidine groups is 3. The molecule has 787 valence electrons. The molecule has 0 atom stereocenters. The molecule has 0 aromatic heterocycles. The number of thioether (sulfide) groups is 1. The number of hydrogen-bond acceptors (Lipinski definition) is 29. The number of likely N-dealkylation sites (tertiary alicyclic amines) is 3. The van der Waals surface area contributed by atoms with Crippen LogP contribution >= 0.6 is 61.4 Å². The summed E-state index contributed by atoms with van der Waals surface area (Å²) in [5, 5.41) is 72.2. The van der Waals surface area contributed by atoms with Gasteiger partial charge >= 0.3 is 48.0 Å². The van der Waals surface area contributed by atoms with Crippen LogP contribution in [0.5, 0.6) is 0 Å². The monoisotopic (exact) mass is 2060 g/mol. The molecule has 0 unspecified atom stereocenters. The number of aliphatic hydroxyl groups excluding tert-OH is 1. The van der Waals surface area contributed by atoms with E-state index >= 15 is 0 Å². The van der Waals surface area contributed by atoms with Gasteiger partial charge in [-0.3, -0.25) is 63.2 Å². The number of amides is 4. The molecule has 4 amide bonds. The number of nitrogen functional groups attached to an aromatic ring is 1. The lowest BCUT2D eigenvalue weighted by molar-refractivity contribution is -0.142. The van der Waals surface area contributed by atoms with Gasteiger partial charge in [-0.1, -0.05) is 60.3 Å². The normalized spacial score (nSPS) is 15.7. The van der Waals surface area contributed by atoms with Crippen molar-refractivity contribution in [1.29, 1.82) is 1.34 Å². The van der Waals surface area contributed by atoms with Crippen LogP contribution in [0.4, 0.5) is 32.3 Å². The number of amidine groups is 1. The third-order valence-electron chi connectivity index (χ3n) is 22.7. The summed E-state index contributed by atoms with van der Waals surface area (Å²) in [6.45, 7) is 24.6. The molecule has 8 heterocycles. The topological polar surface area (TPSA) is 502 Å². The zero-order chi connectivity index (χ0) is 101. The molecule has 12 rings (SSSR count). The molecule has 1 radical (unpaired) electrons. The number of methoxy groups -OCH3 is 2. The molecule has 0 spiro atoms. The fourth-order valence-electron chi connectivity index (χ4n) is 15.3. The van der Waals surface area contributed by atoms with Gasteiger partial charge in [0.1, 0.15) is 11.2 Å². The third-order valence-corrected chi connectivity index (χ3v) is 23.4. The number of hydrogen-bond donors (Lipinski definition) is 14. The first kappa shape index (κ1) is 128. The predicted molar refractivity (Wildman–Crippen MR) is 565 cm³/mol. The second-order valence-electron chi connectivity index (χ2n) is 35.7. The van der Waals surface area contributed by atoms with Gasteiger partial charge in [-0.2, -0.15) is 0 Å². The number of halogens is 4. The van der Waals surface area contributed by atoms with Gasteiger partial charge in [0.05, 0.1) is 14.2 Å². The zero-order valence-corrected chi connectivity index (χ0v) is 87.4. The summed E-state index contributed by atoms with van der Waals surface area (Å²) in [4.78, 5) is 137. The highest BCUT2D eigenvalue weighted by molar-refractivity contribution is 8.13. The minimum absolute atomic E-state index is 0.